The molecule has 7 heteroatoms. The number of ketones is 1. The molecule has 0 saturated carbocycles. The number of hydrogen-bond donors (Lipinski definition) is 1. The molecule has 0 atom stereocenters. The lowest BCUT2D eigenvalue weighted by atomic mass is 10.1. The Hall–Kier alpha value is -3.09. The van der Waals surface area contributed by atoms with Crippen LogP contribution in [-0.4, -0.2) is 33.0 Å². The van der Waals surface area contributed by atoms with Gasteiger partial charge in [-0.15, -0.1) is 0 Å². The second kappa shape index (κ2) is 8.84. The third-order valence-corrected chi connectivity index (χ3v) is 3.70. The van der Waals surface area contributed by atoms with Crippen LogP contribution in [0.15, 0.2) is 36.4 Å². The van der Waals surface area contributed by atoms with Crippen molar-refractivity contribution in [3.63, 3.8) is 0 Å². The summed E-state index contributed by atoms with van der Waals surface area (Å²) in [5, 5.41) is 2.66. The number of Topliss-reactive ketones (excluding diaryl/α,β-unsaturated/α-hetero) is 1. The Morgan fingerprint density at radius 1 is 0.962 bits per heavy atom. The number of amides is 1. The largest absolute Gasteiger partial charge is 0.493 e. The fourth-order valence-corrected chi connectivity index (χ4v) is 2.43. The Morgan fingerprint density at radius 2 is 1.58 bits per heavy atom. The van der Waals surface area contributed by atoms with Crippen LogP contribution < -0.4 is 19.5 Å². The van der Waals surface area contributed by atoms with E-state index in [9.17, 15) is 14.0 Å². The van der Waals surface area contributed by atoms with Crippen molar-refractivity contribution in [1.29, 1.82) is 0 Å². The summed E-state index contributed by atoms with van der Waals surface area (Å²) >= 11 is 0. The summed E-state index contributed by atoms with van der Waals surface area (Å²) in [5.74, 6) is -0.216. The van der Waals surface area contributed by atoms with Crippen LogP contribution in [0.4, 0.5) is 10.1 Å². The van der Waals surface area contributed by atoms with E-state index in [2.05, 4.69) is 5.32 Å². The van der Waals surface area contributed by atoms with Crippen molar-refractivity contribution in [1.82, 2.24) is 0 Å². The molecular weight excluding hydrogens is 341 g/mol. The van der Waals surface area contributed by atoms with Crippen molar-refractivity contribution in [3.05, 3.63) is 47.8 Å². The molecule has 26 heavy (non-hydrogen) atoms. The Kier molecular flexibility index (Phi) is 6.54. The topological polar surface area (TPSA) is 73.9 Å². The Morgan fingerprint density at radius 3 is 2.12 bits per heavy atom. The molecule has 1 N–H and O–H groups in total. The molecule has 2 aromatic rings. The summed E-state index contributed by atoms with van der Waals surface area (Å²) in [6.07, 6.45) is -0.180. The van der Waals surface area contributed by atoms with Gasteiger partial charge in [-0.3, -0.25) is 9.59 Å². The summed E-state index contributed by atoms with van der Waals surface area (Å²) < 4.78 is 29.2. The molecule has 0 aliphatic rings. The van der Waals surface area contributed by atoms with E-state index in [1.807, 2.05) is 0 Å². The van der Waals surface area contributed by atoms with Crippen molar-refractivity contribution >= 4 is 17.4 Å². The minimum atomic E-state index is -0.595. The Bertz CT molecular complexity index is 781. The molecule has 0 radical (unpaired) electrons. The highest BCUT2D eigenvalue weighted by Gasteiger charge is 2.16. The lowest BCUT2D eigenvalue weighted by Crippen LogP contribution is -2.14. The highest BCUT2D eigenvalue weighted by atomic mass is 19.1. The predicted octanol–water partition coefficient (Wildman–Crippen LogP) is 3.45. The van der Waals surface area contributed by atoms with Gasteiger partial charge >= 0.3 is 0 Å². The van der Waals surface area contributed by atoms with Crippen molar-refractivity contribution in [3.8, 4) is 17.2 Å². The molecule has 6 nitrogen and oxygen atoms in total. The van der Waals surface area contributed by atoms with E-state index in [0.717, 1.165) is 0 Å². The molecule has 138 valence electrons. The minimum Gasteiger partial charge on any atom is -0.493 e. The first-order valence-corrected chi connectivity index (χ1v) is 7.87. The number of carbonyl (C=O) groups excluding carboxylic acids is 2. The normalized spacial score (nSPS) is 10.2. The van der Waals surface area contributed by atoms with Gasteiger partial charge in [-0.05, 0) is 12.1 Å². The fourth-order valence-electron chi connectivity index (χ4n) is 2.43. The molecule has 2 aromatic carbocycles. The summed E-state index contributed by atoms with van der Waals surface area (Å²) in [7, 11) is 4.42. The van der Waals surface area contributed by atoms with E-state index in [0.29, 0.717) is 22.9 Å². The van der Waals surface area contributed by atoms with Crippen LogP contribution in [0, 0.1) is 5.82 Å². The average molecular weight is 361 g/mol. The van der Waals surface area contributed by atoms with E-state index in [1.54, 1.807) is 18.2 Å². The van der Waals surface area contributed by atoms with Gasteiger partial charge in [0.2, 0.25) is 11.7 Å². The highest BCUT2D eigenvalue weighted by molar-refractivity contribution is 6.00. The van der Waals surface area contributed by atoms with E-state index < -0.39 is 11.6 Å². The number of halogens is 1. The van der Waals surface area contributed by atoms with Gasteiger partial charge in [0.25, 0.3) is 0 Å². The van der Waals surface area contributed by atoms with Crippen molar-refractivity contribution in [2.24, 2.45) is 0 Å². The van der Waals surface area contributed by atoms with Gasteiger partial charge in [0.15, 0.2) is 17.3 Å². The van der Waals surface area contributed by atoms with Crippen molar-refractivity contribution in [2.45, 2.75) is 12.8 Å². The number of methoxy groups -OCH3 is 3. The maximum absolute atomic E-state index is 13.6. The number of nitrogens with one attached hydrogen (secondary N) is 1. The Labute approximate surface area is 150 Å². The van der Waals surface area contributed by atoms with Gasteiger partial charge in [0.05, 0.1) is 26.9 Å². The van der Waals surface area contributed by atoms with E-state index in [1.165, 1.54) is 39.5 Å². The Balaban J connectivity index is 2.04. The number of rotatable bonds is 8. The average Bonchev–Trinajstić information content (AvgIpc) is 2.65. The second-order valence-corrected chi connectivity index (χ2v) is 5.37. The fraction of sp³-hybridized carbons (Fsp3) is 0.263. The van der Waals surface area contributed by atoms with Crippen molar-refractivity contribution in [2.75, 3.05) is 26.6 Å². The molecule has 1 amide bonds. The summed E-state index contributed by atoms with van der Waals surface area (Å²) in [5.41, 5.74) is 0.413. The van der Waals surface area contributed by atoms with Crippen LogP contribution in [0.5, 0.6) is 17.2 Å². The van der Waals surface area contributed by atoms with Gasteiger partial charge < -0.3 is 19.5 Å². The van der Waals surface area contributed by atoms with Gasteiger partial charge in [-0.2, -0.15) is 0 Å². The van der Waals surface area contributed by atoms with Crippen LogP contribution >= 0.6 is 0 Å². The molecule has 0 unspecified atom stereocenters. The summed E-state index contributed by atoms with van der Waals surface area (Å²) in [6.45, 7) is 0. The van der Waals surface area contributed by atoms with E-state index in [4.69, 9.17) is 14.2 Å². The molecular formula is C19H20FNO5. The number of benzene rings is 2. The monoisotopic (exact) mass is 361 g/mol. The van der Waals surface area contributed by atoms with Crippen LogP contribution in [0.1, 0.15) is 23.2 Å². The van der Waals surface area contributed by atoms with Crippen LogP contribution in [0.2, 0.25) is 0 Å². The highest BCUT2D eigenvalue weighted by Crippen LogP contribution is 2.39. The zero-order valence-corrected chi connectivity index (χ0v) is 14.8. The quantitative estimate of drug-likeness (QED) is 0.729. The first kappa shape index (κ1) is 19.2. The molecule has 0 aromatic heterocycles. The molecule has 0 saturated heterocycles. The molecule has 0 fully saturated rings. The number of anilines is 1. The standard InChI is InChI=1S/C19H20FNO5/c1-24-16-10-12(11-17(25-2)19(16)26-3)21-18(23)9-8-15(22)13-6-4-5-7-14(13)20/h4-7,10-11H,8-9H2,1-3H3,(H,21,23). The molecule has 0 spiro atoms. The van der Waals surface area contributed by atoms with Crippen LogP contribution in [0.25, 0.3) is 0 Å². The number of hydrogen-bond acceptors (Lipinski definition) is 5. The molecule has 0 heterocycles. The van der Waals surface area contributed by atoms with Crippen LogP contribution in [0.3, 0.4) is 0 Å². The third kappa shape index (κ3) is 4.50. The van der Waals surface area contributed by atoms with E-state index >= 15 is 0 Å². The lowest BCUT2D eigenvalue weighted by molar-refractivity contribution is -0.116. The SMILES string of the molecule is COc1cc(NC(=O)CCC(=O)c2ccccc2F)cc(OC)c1OC. The van der Waals surface area contributed by atoms with Gasteiger partial charge in [-0.1, -0.05) is 12.1 Å². The first-order valence-electron chi connectivity index (χ1n) is 7.87. The summed E-state index contributed by atoms with van der Waals surface area (Å²) in [6, 6.07) is 8.85. The number of carbonyl (C=O) groups is 2. The number of ether oxygens (including phenoxy) is 3. The first-order chi connectivity index (χ1) is 12.5. The van der Waals surface area contributed by atoms with Gasteiger partial charge in [0, 0.05) is 30.7 Å². The van der Waals surface area contributed by atoms with Crippen molar-refractivity contribution < 1.29 is 28.2 Å². The zero-order chi connectivity index (χ0) is 19.1. The van der Waals surface area contributed by atoms with Crippen LogP contribution in [-0.2, 0) is 4.79 Å². The minimum absolute atomic E-state index is 0.0203. The maximum Gasteiger partial charge on any atom is 0.224 e. The third-order valence-electron chi connectivity index (χ3n) is 3.70. The second-order valence-electron chi connectivity index (χ2n) is 5.37. The predicted molar refractivity (Wildman–Crippen MR) is 94.7 cm³/mol. The van der Waals surface area contributed by atoms with Gasteiger partial charge in [0.1, 0.15) is 5.82 Å². The summed E-state index contributed by atoms with van der Waals surface area (Å²) in [4.78, 5) is 24.1. The van der Waals surface area contributed by atoms with Gasteiger partial charge in [-0.25, -0.2) is 4.39 Å². The molecule has 2 rings (SSSR count). The molecule has 0 aliphatic carbocycles. The molecule has 0 aliphatic heterocycles. The van der Waals surface area contributed by atoms with E-state index in [-0.39, 0.29) is 24.3 Å². The lowest BCUT2D eigenvalue weighted by Gasteiger charge is -2.14. The maximum atomic E-state index is 13.6. The zero-order valence-electron chi connectivity index (χ0n) is 14.8. The molecule has 0 bridgehead atoms. The smallest absolute Gasteiger partial charge is 0.224 e.